The molecule has 1 aliphatic heterocycles. The number of fused-ring (bicyclic) bond motifs is 1. The average Bonchev–Trinajstić information content (AvgIpc) is 2.77. The molecule has 0 saturated carbocycles. The number of aliphatic hydroxyl groups is 1. The summed E-state index contributed by atoms with van der Waals surface area (Å²) in [5.41, 5.74) is 2.02. The van der Waals surface area contributed by atoms with E-state index in [0.29, 0.717) is 6.54 Å². The van der Waals surface area contributed by atoms with Gasteiger partial charge in [0.2, 0.25) is 0 Å². The molecule has 0 bridgehead atoms. The molecule has 2 heterocycles. The molecule has 4 nitrogen and oxygen atoms in total. The summed E-state index contributed by atoms with van der Waals surface area (Å²) in [5, 5.41) is 13.8. The molecule has 0 spiro atoms. The molecule has 0 fully saturated rings. The van der Waals surface area contributed by atoms with Crippen molar-refractivity contribution in [2.45, 2.75) is 25.0 Å². The van der Waals surface area contributed by atoms with Crippen molar-refractivity contribution in [3.8, 4) is 5.75 Å². The van der Waals surface area contributed by atoms with Gasteiger partial charge in [-0.15, -0.1) is 0 Å². The second kappa shape index (κ2) is 7.22. The number of aromatic nitrogens is 1. The predicted molar refractivity (Wildman–Crippen MR) is 88.8 cm³/mol. The van der Waals surface area contributed by atoms with E-state index < -0.39 is 6.10 Å². The van der Waals surface area contributed by atoms with Crippen molar-refractivity contribution in [3.05, 3.63) is 58.3 Å². The van der Waals surface area contributed by atoms with Crippen molar-refractivity contribution < 1.29 is 9.84 Å². The third-order valence-electron chi connectivity index (χ3n) is 3.90. The van der Waals surface area contributed by atoms with Gasteiger partial charge in [-0.1, -0.05) is 12.1 Å². The van der Waals surface area contributed by atoms with Crippen LogP contribution < -0.4 is 10.1 Å². The zero-order valence-electron chi connectivity index (χ0n) is 12.2. The van der Waals surface area contributed by atoms with Crippen molar-refractivity contribution in [2.75, 3.05) is 13.2 Å². The Morgan fingerprint density at radius 3 is 2.95 bits per heavy atom. The van der Waals surface area contributed by atoms with Crippen LogP contribution in [0.5, 0.6) is 5.75 Å². The summed E-state index contributed by atoms with van der Waals surface area (Å²) >= 11 is 3.55. The number of aliphatic hydroxyl groups excluding tert-OH is 1. The van der Waals surface area contributed by atoms with Crippen molar-refractivity contribution >= 4 is 15.9 Å². The second-order valence-electron chi connectivity index (χ2n) is 5.41. The summed E-state index contributed by atoms with van der Waals surface area (Å²) in [7, 11) is 0. The van der Waals surface area contributed by atoms with E-state index in [2.05, 4.69) is 32.3 Å². The molecule has 1 aliphatic rings. The minimum Gasteiger partial charge on any atom is -0.492 e. The van der Waals surface area contributed by atoms with Gasteiger partial charge < -0.3 is 15.2 Å². The maximum absolute atomic E-state index is 10.3. The standard InChI is InChI=1S/C17H19BrN2O2/c18-14-4-1-3-13-15(5-2-10-22-17(13)14)20-11-16(21)12-6-8-19-9-7-12/h1,3-4,6-9,15-16,20-21H,2,5,10-11H2. The van der Waals surface area contributed by atoms with Crippen LogP contribution >= 0.6 is 15.9 Å². The molecular weight excluding hydrogens is 344 g/mol. The predicted octanol–water partition coefficient (Wildman–Crippen LogP) is 3.38. The second-order valence-corrected chi connectivity index (χ2v) is 6.26. The molecule has 5 heteroatoms. The summed E-state index contributed by atoms with van der Waals surface area (Å²) in [6.07, 6.45) is 4.84. The van der Waals surface area contributed by atoms with Crippen molar-refractivity contribution in [1.82, 2.24) is 10.3 Å². The highest BCUT2D eigenvalue weighted by Crippen LogP contribution is 2.37. The summed E-state index contributed by atoms with van der Waals surface area (Å²) in [4.78, 5) is 3.98. The van der Waals surface area contributed by atoms with Crippen molar-refractivity contribution in [3.63, 3.8) is 0 Å². The highest BCUT2D eigenvalue weighted by atomic mass is 79.9. The number of nitrogens with one attached hydrogen (secondary N) is 1. The van der Waals surface area contributed by atoms with Gasteiger partial charge in [-0.05, 0) is 52.5 Å². The Morgan fingerprint density at radius 1 is 1.32 bits per heavy atom. The van der Waals surface area contributed by atoms with Crippen LogP contribution in [-0.4, -0.2) is 23.2 Å². The van der Waals surface area contributed by atoms with Crippen LogP contribution in [0.15, 0.2) is 47.2 Å². The molecule has 0 aliphatic carbocycles. The molecule has 3 rings (SSSR count). The van der Waals surface area contributed by atoms with Crippen molar-refractivity contribution in [2.24, 2.45) is 0 Å². The van der Waals surface area contributed by atoms with Gasteiger partial charge in [0.1, 0.15) is 5.75 Å². The third-order valence-corrected chi connectivity index (χ3v) is 4.53. The Labute approximate surface area is 138 Å². The number of nitrogens with zero attached hydrogens (tertiary/aromatic N) is 1. The first-order valence-corrected chi connectivity index (χ1v) is 8.27. The van der Waals surface area contributed by atoms with Gasteiger partial charge in [0.15, 0.2) is 0 Å². The third kappa shape index (κ3) is 3.48. The maximum Gasteiger partial charge on any atom is 0.138 e. The van der Waals surface area contributed by atoms with Crippen LogP contribution in [-0.2, 0) is 0 Å². The van der Waals surface area contributed by atoms with Gasteiger partial charge in [-0.2, -0.15) is 0 Å². The van der Waals surface area contributed by atoms with Gasteiger partial charge in [-0.25, -0.2) is 0 Å². The number of benzene rings is 1. The van der Waals surface area contributed by atoms with E-state index in [4.69, 9.17) is 4.74 Å². The number of rotatable bonds is 4. The Hall–Kier alpha value is -1.43. The Balaban J connectivity index is 1.72. The lowest BCUT2D eigenvalue weighted by atomic mass is 10.0. The molecule has 2 N–H and O–H groups in total. The lowest BCUT2D eigenvalue weighted by molar-refractivity contribution is 0.169. The summed E-state index contributed by atoms with van der Waals surface area (Å²) < 4.78 is 6.82. The van der Waals surface area contributed by atoms with E-state index in [9.17, 15) is 5.11 Å². The molecule has 0 saturated heterocycles. The lowest BCUT2D eigenvalue weighted by Crippen LogP contribution is -2.26. The minimum absolute atomic E-state index is 0.187. The Kier molecular flexibility index (Phi) is 5.08. The first-order chi connectivity index (χ1) is 10.8. The SMILES string of the molecule is OC(CNC1CCCOc2c(Br)cccc21)c1ccncc1. The highest BCUT2D eigenvalue weighted by molar-refractivity contribution is 9.10. The molecule has 1 aromatic carbocycles. The molecule has 22 heavy (non-hydrogen) atoms. The number of halogens is 1. The van der Waals surface area contributed by atoms with Gasteiger partial charge in [0.25, 0.3) is 0 Å². The van der Waals surface area contributed by atoms with Gasteiger partial charge in [-0.3, -0.25) is 4.98 Å². The lowest BCUT2D eigenvalue weighted by Gasteiger charge is -2.21. The number of para-hydroxylation sites is 1. The fraction of sp³-hybridized carbons (Fsp3) is 0.353. The average molecular weight is 363 g/mol. The fourth-order valence-corrected chi connectivity index (χ4v) is 3.23. The molecular formula is C17H19BrN2O2. The first-order valence-electron chi connectivity index (χ1n) is 7.48. The van der Waals surface area contributed by atoms with Crippen LogP contribution in [0.25, 0.3) is 0 Å². The number of ether oxygens (including phenoxy) is 1. The molecule has 2 atom stereocenters. The maximum atomic E-state index is 10.3. The topological polar surface area (TPSA) is 54.4 Å². The quantitative estimate of drug-likeness (QED) is 0.875. The molecule has 0 radical (unpaired) electrons. The van der Waals surface area contributed by atoms with E-state index >= 15 is 0 Å². The van der Waals surface area contributed by atoms with Gasteiger partial charge in [0.05, 0.1) is 17.2 Å². The summed E-state index contributed by atoms with van der Waals surface area (Å²) in [6, 6.07) is 9.97. The van der Waals surface area contributed by atoms with Crippen LogP contribution in [0.4, 0.5) is 0 Å². The number of pyridine rings is 1. The van der Waals surface area contributed by atoms with E-state index in [1.165, 1.54) is 0 Å². The molecule has 2 unspecified atom stereocenters. The fourth-order valence-electron chi connectivity index (χ4n) is 2.74. The van der Waals surface area contributed by atoms with Crippen LogP contribution in [0.1, 0.15) is 36.1 Å². The van der Waals surface area contributed by atoms with Crippen LogP contribution in [0.3, 0.4) is 0 Å². The van der Waals surface area contributed by atoms with Gasteiger partial charge >= 0.3 is 0 Å². The highest BCUT2D eigenvalue weighted by Gasteiger charge is 2.22. The zero-order valence-corrected chi connectivity index (χ0v) is 13.8. The molecule has 116 valence electrons. The van der Waals surface area contributed by atoms with Crippen molar-refractivity contribution in [1.29, 1.82) is 0 Å². The van der Waals surface area contributed by atoms with E-state index in [-0.39, 0.29) is 6.04 Å². The largest absolute Gasteiger partial charge is 0.492 e. The minimum atomic E-state index is -0.539. The van der Waals surface area contributed by atoms with Gasteiger partial charge in [0, 0.05) is 30.5 Å². The smallest absolute Gasteiger partial charge is 0.138 e. The van der Waals surface area contributed by atoms with E-state index in [1.54, 1.807) is 12.4 Å². The van der Waals surface area contributed by atoms with Crippen LogP contribution in [0.2, 0.25) is 0 Å². The normalized spacial score (nSPS) is 18.9. The first kappa shape index (κ1) is 15.5. The number of hydrogen-bond acceptors (Lipinski definition) is 4. The molecule has 2 aromatic rings. The Bertz CT molecular complexity index is 621. The van der Waals surface area contributed by atoms with Crippen LogP contribution in [0, 0.1) is 0 Å². The zero-order chi connectivity index (χ0) is 15.4. The van der Waals surface area contributed by atoms with E-state index in [0.717, 1.165) is 40.8 Å². The molecule has 1 aromatic heterocycles. The number of hydrogen-bond donors (Lipinski definition) is 2. The summed E-state index contributed by atoms with van der Waals surface area (Å²) in [5.74, 6) is 0.913. The van der Waals surface area contributed by atoms with E-state index in [1.807, 2.05) is 24.3 Å². The Morgan fingerprint density at radius 2 is 2.14 bits per heavy atom. The monoisotopic (exact) mass is 362 g/mol. The molecule has 0 amide bonds. The summed E-state index contributed by atoms with van der Waals surface area (Å²) in [6.45, 7) is 1.22.